The monoisotopic (exact) mass is 407 g/mol. The van der Waals surface area contributed by atoms with Crippen molar-refractivity contribution in [3.05, 3.63) is 54.5 Å². The summed E-state index contributed by atoms with van der Waals surface area (Å²) in [5, 5.41) is 14.0. The van der Waals surface area contributed by atoms with Crippen LogP contribution >= 0.6 is 0 Å². The van der Waals surface area contributed by atoms with Crippen molar-refractivity contribution in [2.45, 2.75) is 44.8 Å². The number of imidazole rings is 1. The molecule has 2 aromatic heterocycles. The van der Waals surface area contributed by atoms with Gasteiger partial charge in [0.1, 0.15) is 18.2 Å². The van der Waals surface area contributed by atoms with Gasteiger partial charge in [0, 0.05) is 31.7 Å². The third-order valence-corrected chi connectivity index (χ3v) is 5.65. The van der Waals surface area contributed by atoms with Crippen LogP contribution in [0.15, 0.2) is 48.7 Å². The lowest BCUT2D eigenvalue weighted by Crippen LogP contribution is -2.54. The smallest absolute Gasteiger partial charge is 0.240 e. The fraction of sp³-hybridized carbons (Fsp3) is 0.435. The number of benzene rings is 1. The molecule has 3 heterocycles. The summed E-state index contributed by atoms with van der Waals surface area (Å²) in [6, 6.07) is 13.6. The fourth-order valence-corrected chi connectivity index (χ4v) is 4.16. The summed E-state index contributed by atoms with van der Waals surface area (Å²) in [6.45, 7) is 5.87. The molecule has 4 rings (SSSR count). The van der Waals surface area contributed by atoms with Crippen LogP contribution in [0.2, 0.25) is 0 Å². The van der Waals surface area contributed by atoms with E-state index in [1.165, 1.54) is 0 Å². The summed E-state index contributed by atoms with van der Waals surface area (Å²) in [5.74, 6) is 1.83. The molecule has 0 radical (unpaired) electrons. The molecule has 0 spiro atoms. The maximum atomic E-state index is 12.8. The molecule has 3 aromatic rings. The highest BCUT2D eigenvalue weighted by Crippen LogP contribution is 2.25. The highest BCUT2D eigenvalue weighted by molar-refractivity contribution is 5.81. The number of nitrogens with zero attached hydrogens (tertiary/aromatic N) is 4. The number of carbonyl (C=O) groups excluding carboxylic acids is 1. The van der Waals surface area contributed by atoms with Crippen molar-refractivity contribution < 1.29 is 9.90 Å². The highest BCUT2D eigenvalue weighted by atomic mass is 16.3. The number of rotatable bonds is 6. The molecular weight excluding hydrogens is 378 g/mol. The maximum absolute atomic E-state index is 12.8. The first-order valence-electron chi connectivity index (χ1n) is 10.6. The molecule has 1 amide bonds. The average Bonchev–Trinajstić information content (AvgIpc) is 3.12. The van der Waals surface area contributed by atoms with E-state index in [-0.39, 0.29) is 24.9 Å². The van der Waals surface area contributed by atoms with Gasteiger partial charge in [0.15, 0.2) is 0 Å². The zero-order chi connectivity index (χ0) is 21.1. The fourth-order valence-electron chi connectivity index (χ4n) is 4.16. The summed E-state index contributed by atoms with van der Waals surface area (Å²) in [7, 11) is 0. The summed E-state index contributed by atoms with van der Waals surface area (Å²) in [5.41, 5.74) is 0.878. The van der Waals surface area contributed by atoms with Crippen LogP contribution in [0.3, 0.4) is 0 Å². The number of hydrogen-bond donors (Lipinski definition) is 2. The normalized spacial score (nSPS) is 19.4. The zero-order valence-corrected chi connectivity index (χ0v) is 17.6. The van der Waals surface area contributed by atoms with E-state index in [4.69, 9.17) is 4.98 Å². The largest absolute Gasteiger partial charge is 0.386 e. The highest BCUT2D eigenvalue weighted by Gasteiger charge is 2.34. The molecule has 2 N–H and O–H groups in total. The van der Waals surface area contributed by atoms with Crippen molar-refractivity contribution in [2.75, 3.05) is 24.5 Å². The second-order valence-electron chi connectivity index (χ2n) is 8.41. The molecule has 0 bridgehead atoms. The van der Waals surface area contributed by atoms with Crippen molar-refractivity contribution in [1.82, 2.24) is 19.9 Å². The summed E-state index contributed by atoms with van der Waals surface area (Å²) in [4.78, 5) is 23.9. The summed E-state index contributed by atoms with van der Waals surface area (Å²) in [6.07, 6.45) is 3.26. The van der Waals surface area contributed by atoms with E-state index >= 15 is 0 Å². The number of nitrogens with one attached hydrogen (secondary N) is 1. The molecule has 1 aliphatic rings. The Morgan fingerprint density at radius 2 is 2.03 bits per heavy atom. The van der Waals surface area contributed by atoms with E-state index in [1.54, 1.807) is 6.20 Å². The third kappa shape index (κ3) is 4.31. The Morgan fingerprint density at radius 3 is 2.80 bits per heavy atom. The van der Waals surface area contributed by atoms with E-state index in [0.29, 0.717) is 13.0 Å². The van der Waals surface area contributed by atoms with Gasteiger partial charge < -0.3 is 19.9 Å². The Bertz CT molecular complexity index is 1020. The van der Waals surface area contributed by atoms with E-state index in [9.17, 15) is 9.90 Å². The molecule has 7 nitrogen and oxygen atoms in total. The van der Waals surface area contributed by atoms with Crippen molar-refractivity contribution >= 4 is 22.8 Å². The van der Waals surface area contributed by atoms with Crippen LogP contribution in [-0.4, -0.2) is 50.8 Å². The van der Waals surface area contributed by atoms with Gasteiger partial charge in [-0.3, -0.25) is 4.79 Å². The van der Waals surface area contributed by atoms with Gasteiger partial charge in [-0.2, -0.15) is 0 Å². The molecule has 1 unspecified atom stereocenters. The number of pyridine rings is 1. The van der Waals surface area contributed by atoms with Crippen molar-refractivity contribution in [3.8, 4) is 0 Å². The number of hydrogen-bond acceptors (Lipinski definition) is 5. The molecule has 1 saturated heterocycles. The number of amides is 1. The molecule has 0 aliphatic carbocycles. The Kier molecular flexibility index (Phi) is 5.72. The maximum Gasteiger partial charge on any atom is 0.240 e. The zero-order valence-electron chi connectivity index (χ0n) is 17.6. The number of carbonyl (C=O) groups is 1. The van der Waals surface area contributed by atoms with Gasteiger partial charge in [-0.15, -0.1) is 0 Å². The van der Waals surface area contributed by atoms with Gasteiger partial charge in [-0.1, -0.05) is 32.0 Å². The predicted octanol–water partition coefficient (Wildman–Crippen LogP) is 2.70. The van der Waals surface area contributed by atoms with E-state index in [2.05, 4.69) is 29.0 Å². The number of β-amino-alcohol motifs (C(OH)–C–C–N with tert-alkyl or cyclic N) is 1. The Morgan fingerprint density at radius 1 is 1.23 bits per heavy atom. The van der Waals surface area contributed by atoms with Crippen LogP contribution in [0.5, 0.6) is 0 Å². The number of aliphatic hydroxyl groups is 1. The van der Waals surface area contributed by atoms with Crippen LogP contribution in [0.1, 0.15) is 38.4 Å². The van der Waals surface area contributed by atoms with Crippen molar-refractivity contribution in [1.29, 1.82) is 0 Å². The van der Waals surface area contributed by atoms with Crippen LogP contribution in [-0.2, 0) is 11.3 Å². The number of anilines is 1. The molecule has 30 heavy (non-hydrogen) atoms. The molecule has 158 valence electrons. The molecule has 1 aliphatic heterocycles. The molecular formula is C23H29N5O2. The Balaban J connectivity index is 1.43. The molecule has 1 fully saturated rings. The van der Waals surface area contributed by atoms with Crippen LogP contribution in [0.25, 0.3) is 11.0 Å². The number of piperidine rings is 1. The van der Waals surface area contributed by atoms with Gasteiger partial charge in [0.05, 0.1) is 16.6 Å². The first-order chi connectivity index (χ1) is 14.5. The minimum absolute atomic E-state index is 0.122. The lowest BCUT2D eigenvalue weighted by Gasteiger charge is -2.39. The van der Waals surface area contributed by atoms with Crippen molar-refractivity contribution in [2.24, 2.45) is 0 Å². The lowest BCUT2D eigenvalue weighted by atomic mass is 9.92. The van der Waals surface area contributed by atoms with Gasteiger partial charge in [-0.25, -0.2) is 9.97 Å². The average molecular weight is 408 g/mol. The minimum atomic E-state index is -0.969. The lowest BCUT2D eigenvalue weighted by molar-refractivity contribution is -0.123. The summed E-state index contributed by atoms with van der Waals surface area (Å²) >= 11 is 0. The molecule has 1 atom stereocenters. The SMILES string of the molecule is CC(C)c1nc2ccccc2n1CC(=O)NCC1(O)CCCN(c2ccccn2)C1. The van der Waals surface area contributed by atoms with E-state index in [0.717, 1.165) is 35.6 Å². The molecule has 1 aromatic carbocycles. The van der Waals surface area contributed by atoms with Gasteiger partial charge in [0.25, 0.3) is 0 Å². The van der Waals surface area contributed by atoms with Gasteiger partial charge in [0.2, 0.25) is 5.91 Å². The number of fused-ring (bicyclic) bond motifs is 1. The summed E-state index contributed by atoms with van der Waals surface area (Å²) < 4.78 is 1.97. The molecule has 7 heteroatoms. The second kappa shape index (κ2) is 8.44. The Hall–Kier alpha value is -2.93. The molecule has 0 saturated carbocycles. The first kappa shape index (κ1) is 20.3. The topological polar surface area (TPSA) is 83.3 Å². The predicted molar refractivity (Wildman–Crippen MR) is 117 cm³/mol. The minimum Gasteiger partial charge on any atom is -0.386 e. The van der Waals surface area contributed by atoms with Gasteiger partial charge in [-0.05, 0) is 37.1 Å². The van der Waals surface area contributed by atoms with Gasteiger partial charge >= 0.3 is 0 Å². The van der Waals surface area contributed by atoms with Crippen LogP contribution in [0.4, 0.5) is 5.82 Å². The van der Waals surface area contributed by atoms with Crippen molar-refractivity contribution in [3.63, 3.8) is 0 Å². The quantitative estimate of drug-likeness (QED) is 0.656. The second-order valence-corrected chi connectivity index (χ2v) is 8.41. The first-order valence-corrected chi connectivity index (χ1v) is 10.6. The van der Waals surface area contributed by atoms with Crippen LogP contribution in [0, 0.1) is 0 Å². The third-order valence-electron chi connectivity index (χ3n) is 5.65. The van der Waals surface area contributed by atoms with Crippen LogP contribution < -0.4 is 10.2 Å². The standard InChI is InChI=1S/C23H29N5O2/c1-17(2)22-26-18-8-3-4-9-19(18)28(22)14-21(29)25-15-23(30)11-7-13-27(16-23)20-10-5-6-12-24-20/h3-6,8-10,12,17,30H,7,11,13-16H2,1-2H3,(H,25,29). The van der Waals surface area contributed by atoms with E-state index < -0.39 is 5.60 Å². The Labute approximate surface area is 176 Å². The number of aromatic nitrogens is 3. The van der Waals surface area contributed by atoms with E-state index in [1.807, 2.05) is 47.0 Å². The number of para-hydroxylation sites is 2.